The lowest BCUT2D eigenvalue weighted by Gasteiger charge is -2.18. The van der Waals surface area contributed by atoms with Gasteiger partial charge in [0.15, 0.2) is 0 Å². The molecule has 3 aromatic rings. The van der Waals surface area contributed by atoms with E-state index >= 15 is 0 Å². The molecule has 0 radical (unpaired) electrons. The molecule has 6 nitrogen and oxygen atoms in total. The zero-order valence-electron chi connectivity index (χ0n) is 14.6. The molecule has 0 fully saturated rings. The summed E-state index contributed by atoms with van der Waals surface area (Å²) in [6.07, 6.45) is 1.82. The average molecular weight is 412 g/mol. The lowest BCUT2D eigenvalue weighted by molar-refractivity contribution is -0.384. The molecule has 0 heterocycles. The van der Waals surface area contributed by atoms with Gasteiger partial charge in [0.1, 0.15) is 20.3 Å². The molecule has 1 unspecified atom stereocenters. The second-order valence-electron chi connectivity index (χ2n) is 5.64. The number of nitro benzene ring substituents is 1. The molecule has 28 heavy (non-hydrogen) atoms. The van der Waals surface area contributed by atoms with Gasteiger partial charge in [-0.15, -0.1) is 0 Å². The third kappa shape index (κ3) is 5.07. The van der Waals surface area contributed by atoms with Crippen LogP contribution in [0.2, 0.25) is 0 Å². The SMILES string of the molecule is O=[N+]([O-])c1ccc(S(=O)(=O)[N-][S+](/C=C/c2ccccc2)c2ccccc2)cc1. The predicted molar refractivity (Wildman–Crippen MR) is 111 cm³/mol. The van der Waals surface area contributed by atoms with Crippen LogP contribution in [0.15, 0.2) is 100 Å². The van der Waals surface area contributed by atoms with E-state index in [1.807, 2.05) is 66.7 Å². The van der Waals surface area contributed by atoms with Crippen molar-refractivity contribution in [3.63, 3.8) is 0 Å². The maximum atomic E-state index is 12.7. The summed E-state index contributed by atoms with van der Waals surface area (Å²) in [4.78, 5) is 10.9. The lowest BCUT2D eigenvalue weighted by Crippen LogP contribution is -2.07. The fourth-order valence-electron chi connectivity index (χ4n) is 2.30. The third-order valence-corrected chi connectivity index (χ3v) is 7.14. The predicted octanol–water partition coefficient (Wildman–Crippen LogP) is 4.92. The largest absolute Gasteiger partial charge is 0.302 e. The summed E-state index contributed by atoms with van der Waals surface area (Å²) in [6.45, 7) is 0. The van der Waals surface area contributed by atoms with Crippen LogP contribution < -0.4 is 0 Å². The minimum absolute atomic E-state index is 0.0837. The fraction of sp³-hybridized carbons (Fsp3) is 0. The summed E-state index contributed by atoms with van der Waals surface area (Å²) in [6, 6.07) is 23.3. The standard InChI is InChI=1S/C20H16N2O4S2/c23-22(24)18-11-13-20(14-12-18)28(25,26)21-27(19-9-5-2-6-10-19)16-15-17-7-3-1-4-8-17/h1-16H/b16-15+. The number of hydrogen-bond donors (Lipinski definition) is 0. The lowest BCUT2D eigenvalue weighted by atomic mass is 10.2. The quantitative estimate of drug-likeness (QED) is 0.313. The number of non-ortho nitro benzene ring substituents is 1. The van der Waals surface area contributed by atoms with Crippen molar-refractivity contribution < 1.29 is 13.3 Å². The highest BCUT2D eigenvalue weighted by molar-refractivity contribution is 8.16. The van der Waals surface area contributed by atoms with Gasteiger partial charge in [0.25, 0.3) is 5.69 Å². The minimum Gasteiger partial charge on any atom is -0.302 e. The Bertz CT molecular complexity index is 1070. The van der Waals surface area contributed by atoms with Crippen LogP contribution in [0, 0.1) is 10.1 Å². The van der Waals surface area contributed by atoms with Crippen LogP contribution in [0.3, 0.4) is 0 Å². The monoisotopic (exact) mass is 412 g/mol. The molecule has 0 bridgehead atoms. The normalized spacial score (nSPS) is 12.7. The third-order valence-electron chi connectivity index (χ3n) is 3.70. The maximum absolute atomic E-state index is 12.7. The van der Waals surface area contributed by atoms with Crippen LogP contribution in [0.25, 0.3) is 10.2 Å². The summed E-state index contributed by atoms with van der Waals surface area (Å²) in [5, 5.41) is 12.5. The highest BCUT2D eigenvalue weighted by Crippen LogP contribution is 2.30. The van der Waals surface area contributed by atoms with Crippen molar-refractivity contribution in [1.82, 2.24) is 0 Å². The van der Waals surface area contributed by atoms with Crippen LogP contribution in [0.4, 0.5) is 5.69 Å². The van der Waals surface area contributed by atoms with E-state index in [0.29, 0.717) is 0 Å². The number of sulfonamides is 1. The summed E-state index contributed by atoms with van der Waals surface area (Å²) >= 11 is -1.05. The molecule has 0 aliphatic carbocycles. The number of nitrogens with zero attached hydrogens (tertiary/aromatic N) is 2. The van der Waals surface area contributed by atoms with Crippen molar-refractivity contribution in [2.24, 2.45) is 0 Å². The Balaban J connectivity index is 1.90. The molecule has 0 aliphatic heterocycles. The first-order chi connectivity index (χ1) is 13.5. The molecule has 0 spiro atoms. The first-order valence-corrected chi connectivity index (χ1v) is 10.9. The van der Waals surface area contributed by atoms with Gasteiger partial charge in [-0.05, 0) is 47.0 Å². The molecule has 0 amide bonds. The summed E-state index contributed by atoms with van der Waals surface area (Å²) in [7, 11) is -3.99. The average Bonchev–Trinajstić information content (AvgIpc) is 2.72. The van der Waals surface area contributed by atoms with Crippen LogP contribution in [0.5, 0.6) is 0 Å². The molecule has 3 aromatic carbocycles. The number of rotatable bonds is 7. The van der Waals surface area contributed by atoms with Gasteiger partial charge in [-0.2, -0.15) is 0 Å². The van der Waals surface area contributed by atoms with E-state index in [4.69, 9.17) is 0 Å². The second-order valence-corrected chi connectivity index (χ2v) is 9.03. The zero-order chi connectivity index (χ0) is 20.0. The molecule has 0 N–H and O–H groups in total. The van der Waals surface area contributed by atoms with E-state index in [2.05, 4.69) is 4.13 Å². The van der Waals surface area contributed by atoms with Crippen molar-refractivity contribution in [2.75, 3.05) is 0 Å². The molecule has 3 rings (SSSR count). The van der Waals surface area contributed by atoms with Gasteiger partial charge in [-0.25, -0.2) is 8.42 Å². The van der Waals surface area contributed by atoms with Gasteiger partial charge in [-0.3, -0.25) is 10.1 Å². The van der Waals surface area contributed by atoms with Crippen LogP contribution in [-0.2, 0) is 21.1 Å². The molecule has 0 saturated carbocycles. The molecular weight excluding hydrogens is 396 g/mol. The first-order valence-electron chi connectivity index (χ1n) is 8.20. The molecule has 0 aliphatic rings. The molecule has 0 aromatic heterocycles. The van der Waals surface area contributed by atoms with Crippen LogP contribution in [0.1, 0.15) is 5.56 Å². The van der Waals surface area contributed by atoms with E-state index in [1.165, 1.54) is 12.1 Å². The van der Waals surface area contributed by atoms with Crippen molar-refractivity contribution in [1.29, 1.82) is 0 Å². The Hall–Kier alpha value is -2.94. The maximum Gasteiger partial charge on any atom is 0.269 e. The van der Waals surface area contributed by atoms with Gasteiger partial charge in [0.2, 0.25) is 0 Å². The highest BCUT2D eigenvalue weighted by atomic mass is 32.3. The minimum atomic E-state index is -3.99. The fourth-order valence-corrected chi connectivity index (χ4v) is 5.39. The highest BCUT2D eigenvalue weighted by Gasteiger charge is 2.18. The van der Waals surface area contributed by atoms with Crippen molar-refractivity contribution in [2.45, 2.75) is 9.79 Å². The molecule has 0 saturated heterocycles. The Morgan fingerprint density at radius 3 is 2.00 bits per heavy atom. The van der Waals surface area contributed by atoms with Crippen molar-refractivity contribution in [3.8, 4) is 0 Å². The van der Waals surface area contributed by atoms with E-state index in [-0.39, 0.29) is 10.6 Å². The van der Waals surface area contributed by atoms with Crippen molar-refractivity contribution in [3.05, 3.63) is 110 Å². The summed E-state index contributed by atoms with van der Waals surface area (Å²) in [5.74, 6) is 0. The van der Waals surface area contributed by atoms with Crippen molar-refractivity contribution >= 4 is 32.9 Å². The molecular formula is C20H16N2O4S2. The van der Waals surface area contributed by atoms with E-state index in [9.17, 15) is 18.5 Å². The van der Waals surface area contributed by atoms with Gasteiger partial charge >= 0.3 is 0 Å². The Labute approximate surface area is 166 Å². The zero-order valence-corrected chi connectivity index (χ0v) is 16.2. The molecule has 142 valence electrons. The second kappa shape index (κ2) is 8.83. The van der Waals surface area contributed by atoms with Crippen LogP contribution in [-0.4, -0.2) is 13.3 Å². The van der Waals surface area contributed by atoms with Gasteiger partial charge in [0, 0.05) is 12.1 Å². The molecule has 1 atom stereocenters. The summed E-state index contributed by atoms with van der Waals surface area (Å²) in [5.41, 5.74) is 0.754. The Kier molecular flexibility index (Phi) is 6.25. The van der Waals surface area contributed by atoms with Gasteiger partial charge in [0.05, 0.1) is 9.82 Å². The Morgan fingerprint density at radius 2 is 1.43 bits per heavy atom. The topological polar surface area (TPSA) is 91.4 Å². The summed E-state index contributed by atoms with van der Waals surface area (Å²) < 4.78 is 29.6. The first kappa shape index (κ1) is 19.8. The number of hydrogen-bond acceptors (Lipinski definition) is 4. The number of benzene rings is 3. The molecule has 8 heteroatoms. The Morgan fingerprint density at radius 1 is 0.857 bits per heavy atom. The van der Waals surface area contributed by atoms with Gasteiger partial charge < -0.3 is 4.13 Å². The van der Waals surface area contributed by atoms with Gasteiger partial charge in [-0.1, -0.05) is 48.5 Å². The van der Waals surface area contributed by atoms with E-state index < -0.39 is 26.0 Å². The van der Waals surface area contributed by atoms with Crippen LogP contribution >= 0.6 is 0 Å². The van der Waals surface area contributed by atoms with E-state index in [0.717, 1.165) is 22.6 Å². The number of nitro groups is 1. The smallest absolute Gasteiger partial charge is 0.269 e. The van der Waals surface area contributed by atoms with E-state index in [1.54, 1.807) is 5.41 Å².